The van der Waals surface area contributed by atoms with Crippen molar-refractivity contribution in [3.8, 4) is 0 Å². The van der Waals surface area contributed by atoms with Gasteiger partial charge in [-0.3, -0.25) is 4.79 Å². The molecule has 0 radical (unpaired) electrons. The zero-order valence-electron chi connectivity index (χ0n) is 11.4. The molecule has 1 fully saturated rings. The maximum atomic E-state index is 12.3. The molecule has 1 amide bonds. The van der Waals surface area contributed by atoms with E-state index in [1.54, 1.807) is 0 Å². The molecule has 1 aromatic heterocycles. The zero-order valence-corrected chi connectivity index (χ0v) is 13.0. The fourth-order valence-electron chi connectivity index (χ4n) is 2.56. The largest absolute Gasteiger partial charge is 0.310 e. The van der Waals surface area contributed by atoms with Crippen LogP contribution in [0.2, 0.25) is 0 Å². The number of amides is 1. The summed E-state index contributed by atoms with van der Waals surface area (Å²) in [4.78, 5) is 16.6. The summed E-state index contributed by atoms with van der Waals surface area (Å²) in [7, 11) is 0. The molecule has 104 valence electrons. The number of nitrogens with one attached hydrogen (secondary N) is 1. The van der Waals surface area contributed by atoms with Gasteiger partial charge in [-0.15, -0.1) is 0 Å². The summed E-state index contributed by atoms with van der Waals surface area (Å²) in [6, 6.07) is 3.77. The second-order valence-electron chi connectivity index (χ2n) is 5.30. The van der Waals surface area contributed by atoms with Gasteiger partial charge in [0.15, 0.2) is 0 Å². The van der Waals surface area contributed by atoms with Crippen LogP contribution in [-0.4, -0.2) is 10.9 Å². The Hall–Kier alpha value is -0.900. The molecular weight excluding hydrogens is 304 g/mol. The SMILES string of the molecule is Cc1nc(NC(=O)C2CCCCCCC2)ccc1Br. The number of halogens is 1. The van der Waals surface area contributed by atoms with Crippen molar-refractivity contribution in [2.24, 2.45) is 5.92 Å². The molecule has 0 spiro atoms. The molecule has 0 unspecified atom stereocenters. The number of nitrogens with zero attached hydrogens (tertiary/aromatic N) is 1. The van der Waals surface area contributed by atoms with E-state index >= 15 is 0 Å². The summed E-state index contributed by atoms with van der Waals surface area (Å²) in [5.74, 6) is 0.954. The standard InChI is InChI=1S/C15H21BrN2O/c1-11-13(16)9-10-14(17-11)18-15(19)12-7-5-3-2-4-6-8-12/h9-10,12H,2-8H2,1H3,(H,17,18,19). The Labute approximate surface area is 123 Å². The Morgan fingerprint density at radius 2 is 1.84 bits per heavy atom. The molecule has 1 aromatic rings. The van der Waals surface area contributed by atoms with E-state index in [2.05, 4.69) is 26.2 Å². The van der Waals surface area contributed by atoms with Crippen LogP contribution < -0.4 is 5.32 Å². The van der Waals surface area contributed by atoms with Gasteiger partial charge in [0.2, 0.25) is 5.91 Å². The molecule has 0 aliphatic heterocycles. The molecule has 3 nitrogen and oxygen atoms in total. The Kier molecular flexibility index (Phi) is 5.37. The van der Waals surface area contributed by atoms with Crippen LogP contribution >= 0.6 is 15.9 Å². The molecule has 0 bridgehead atoms. The molecule has 1 aliphatic rings. The summed E-state index contributed by atoms with van der Waals surface area (Å²) < 4.78 is 0.969. The minimum absolute atomic E-state index is 0.135. The first-order valence-electron chi connectivity index (χ1n) is 7.11. The molecule has 19 heavy (non-hydrogen) atoms. The highest BCUT2D eigenvalue weighted by Crippen LogP contribution is 2.24. The minimum Gasteiger partial charge on any atom is -0.310 e. The normalized spacial score (nSPS) is 17.6. The minimum atomic E-state index is 0.135. The lowest BCUT2D eigenvalue weighted by atomic mass is 9.90. The van der Waals surface area contributed by atoms with Gasteiger partial charge in [-0.25, -0.2) is 4.98 Å². The fourth-order valence-corrected chi connectivity index (χ4v) is 2.78. The van der Waals surface area contributed by atoms with E-state index in [1.807, 2.05) is 19.1 Å². The van der Waals surface area contributed by atoms with Crippen LogP contribution in [0, 0.1) is 12.8 Å². The second-order valence-corrected chi connectivity index (χ2v) is 6.15. The van der Waals surface area contributed by atoms with E-state index < -0.39 is 0 Å². The van der Waals surface area contributed by atoms with Crippen LogP contribution in [0.15, 0.2) is 16.6 Å². The lowest BCUT2D eigenvalue weighted by molar-refractivity contribution is -0.120. The lowest BCUT2D eigenvalue weighted by Gasteiger charge is -2.19. The van der Waals surface area contributed by atoms with E-state index in [1.165, 1.54) is 32.1 Å². The average Bonchev–Trinajstić information content (AvgIpc) is 2.33. The zero-order chi connectivity index (χ0) is 13.7. The third kappa shape index (κ3) is 4.30. The third-order valence-corrected chi connectivity index (χ3v) is 4.59. The molecule has 2 rings (SSSR count). The van der Waals surface area contributed by atoms with E-state index in [0.29, 0.717) is 5.82 Å². The van der Waals surface area contributed by atoms with Crippen molar-refractivity contribution in [1.82, 2.24) is 4.98 Å². The van der Waals surface area contributed by atoms with Crippen molar-refractivity contribution in [2.45, 2.75) is 51.9 Å². The number of rotatable bonds is 2. The van der Waals surface area contributed by atoms with Gasteiger partial charge in [-0.1, -0.05) is 32.1 Å². The second kappa shape index (κ2) is 7.04. The Morgan fingerprint density at radius 1 is 1.21 bits per heavy atom. The summed E-state index contributed by atoms with van der Waals surface area (Å²) in [6.45, 7) is 1.93. The van der Waals surface area contributed by atoms with Crippen molar-refractivity contribution in [3.05, 3.63) is 22.3 Å². The van der Waals surface area contributed by atoms with E-state index in [4.69, 9.17) is 0 Å². The highest BCUT2D eigenvalue weighted by Gasteiger charge is 2.19. The summed E-state index contributed by atoms with van der Waals surface area (Å²) in [5, 5.41) is 2.96. The van der Waals surface area contributed by atoms with Crippen LogP contribution in [0.5, 0.6) is 0 Å². The van der Waals surface area contributed by atoms with Crippen LogP contribution in [-0.2, 0) is 4.79 Å². The first-order chi connectivity index (χ1) is 9.16. The predicted molar refractivity (Wildman–Crippen MR) is 81.1 cm³/mol. The van der Waals surface area contributed by atoms with E-state index in [0.717, 1.165) is 23.0 Å². The van der Waals surface area contributed by atoms with Gasteiger partial charge in [-0.05, 0) is 47.8 Å². The summed E-state index contributed by atoms with van der Waals surface area (Å²) in [5.41, 5.74) is 0.899. The summed E-state index contributed by atoms with van der Waals surface area (Å²) >= 11 is 3.42. The van der Waals surface area contributed by atoms with E-state index in [9.17, 15) is 4.79 Å². The first kappa shape index (κ1) is 14.5. The van der Waals surface area contributed by atoms with Gasteiger partial charge in [0.25, 0.3) is 0 Å². The molecular formula is C15H21BrN2O. The van der Waals surface area contributed by atoms with Crippen LogP contribution in [0.4, 0.5) is 5.82 Å². The van der Waals surface area contributed by atoms with Crippen LogP contribution in [0.3, 0.4) is 0 Å². The highest BCUT2D eigenvalue weighted by molar-refractivity contribution is 9.10. The Morgan fingerprint density at radius 3 is 2.47 bits per heavy atom. The van der Waals surface area contributed by atoms with Gasteiger partial charge in [-0.2, -0.15) is 0 Å². The number of carbonyl (C=O) groups is 1. The Balaban J connectivity index is 1.96. The number of aryl methyl sites for hydroxylation is 1. The number of hydrogen-bond donors (Lipinski definition) is 1. The predicted octanol–water partition coefficient (Wildman–Crippen LogP) is 4.45. The molecule has 1 aliphatic carbocycles. The first-order valence-corrected chi connectivity index (χ1v) is 7.90. The van der Waals surface area contributed by atoms with Crippen LogP contribution in [0.1, 0.15) is 50.6 Å². The van der Waals surface area contributed by atoms with Gasteiger partial charge < -0.3 is 5.32 Å². The number of pyridine rings is 1. The van der Waals surface area contributed by atoms with Crippen LogP contribution in [0.25, 0.3) is 0 Å². The molecule has 0 saturated heterocycles. The number of carbonyl (C=O) groups excluding carboxylic acids is 1. The smallest absolute Gasteiger partial charge is 0.228 e. The van der Waals surface area contributed by atoms with Gasteiger partial charge in [0.1, 0.15) is 5.82 Å². The van der Waals surface area contributed by atoms with Gasteiger partial charge in [0, 0.05) is 10.4 Å². The fraction of sp³-hybridized carbons (Fsp3) is 0.600. The van der Waals surface area contributed by atoms with Crippen molar-refractivity contribution >= 4 is 27.7 Å². The van der Waals surface area contributed by atoms with Crippen molar-refractivity contribution in [1.29, 1.82) is 0 Å². The third-order valence-electron chi connectivity index (χ3n) is 3.75. The highest BCUT2D eigenvalue weighted by atomic mass is 79.9. The molecule has 0 atom stereocenters. The lowest BCUT2D eigenvalue weighted by Crippen LogP contribution is -2.24. The molecule has 4 heteroatoms. The molecule has 1 heterocycles. The van der Waals surface area contributed by atoms with Crippen molar-refractivity contribution < 1.29 is 4.79 Å². The van der Waals surface area contributed by atoms with Crippen molar-refractivity contribution in [3.63, 3.8) is 0 Å². The number of aromatic nitrogens is 1. The summed E-state index contributed by atoms with van der Waals surface area (Å²) in [6.07, 6.45) is 8.22. The topological polar surface area (TPSA) is 42.0 Å². The molecule has 0 aromatic carbocycles. The van der Waals surface area contributed by atoms with Gasteiger partial charge >= 0.3 is 0 Å². The van der Waals surface area contributed by atoms with Crippen molar-refractivity contribution in [2.75, 3.05) is 5.32 Å². The maximum absolute atomic E-state index is 12.3. The quantitative estimate of drug-likeness (QED) is 0.873. The molecule has 1 saturated carbocycles. The Bertz CT molecular complexity index is 440. The van der Waals surface area contributed by atoms with Gasteiger partial charge in [0.05, 0.1) is 5.69 Å². The number of hydrogen-bond acceptors (Lipinski definition) is 2. The number of anilines is 1. The molecule has 1 N–H and O–H groups in total. The maximum Gasteiger partial charge on any atom is 0.228 e. The monoisotopic (exact) mass is 324 g/mol. The van der Waals surface area contributed by atoms with E-state index in [-0.39, 0.29) is 11.8 Å². The average molecular weight is 325 g/mol.